The summed E-state index contributed by atoms with van der Waals surface area (Å²) in [6.07, 6.45) is 2.29. The summed E-state index contributed by atoms with van der Waals surface area (Å²) in [6.45, 7) is 1.93. The highest BCUT2D eigenvalue weighted by Crippen LogP contribution is 2.02. The minimum Gasteiger partial charge on any atom is -0.279 e. The van der Waals surface area contributed by atoms with Crippen molar-refractivity contribution < 1.29 is 0 Å². The quantitative estimate of drug-likeness (QED) is 0.655. The molecule has 2 heterocycles. The van der Waals surface area contributed by atoms with Crippen LogP contribution >= 0.6 is 0 Å². The second-order valence-corrected chi connectivity index (χ2v) is 3.59. The molecule has 0 aliphatic rings. The van der Waals surface area contributed by atoms with Gasteiger partial charge >= 0.3 is 5.69 Å². The first-order chi connectivity index (χ1) is 7.56. The molecule has 0 aliphatic carbocycles. The molecule has 0 N–H and O–H groups in total. The maximum absolute atomic E-state index is 11.8. The molecule has 0 aliphatic heterocycles. The van der Waals surface area contributed by atoms with Crippen LogP contribution in [-0.4, -0.2) is 19.1 Å². The van der Waals surface area contributed by atoms with E-state index in [9.17, 15) is 9.59 Å². The van der Waals surface area contributed by atoms with Crippen LogP contribution in [0.25, 0.3) is 11.2 Å². The summed E-state index contributed by atoms with van der Waals surface area (Å²) < 4.78 is 2.36. The van der Waals surface area contributed by atoms with Crippen molar-refractivity contribution >= 4 is 11.2 Å². The van der Waals surface area contributed by atoms with Crippen molar-refractivity contribution in [3.8, 4) is 0 Å². The molecule has 0 fully saturated rings. The van der Waals surface area contributed by atoms with Gasteiger partial charge in [0.25, 0.3) is 5.56 Å². The third-order valence-electron chi connectivity index (χ3n) is 2.56. The fourth-order valence-electron chi connectivity index (χ4n) is 1.54. The van der Waals surface area contributed by atoms with Crippen LogP contribution in [0.3, 0.4) is 0 Å². The number of aromatic nitrogens is 4. The number of nitrogens with zero attached hydrogens (tertiary/aromatic N) is 4. The summed E-state index contributed by atoms with van der Waals surface area (Å²) in [7, 11) is 3.01. The predicted molar refractivity (Wildman–Crippen MR) is 59.4 cm³/mol. The number of fused-ring (bicyclic) bond motifs is 1. The first kappa shape index (κ1) is 10.5. The Morgan fingerprint density at radius 2 is 1.94 bits per heavy atom. The van der Waals surface area contributed by atoms with Gasteiger partial charge in [-0.3, -0.25) is 13.9 Å². The molecule has 0 unspecified atom stereocenters. The maximum Gasteiger partial charge on any atom is 0.332 e. The van der Waals surface area contributed by atoms with E-state index in [4.69, 9.17) is 0 Å². The molecule has 0 atom stereocenters. The lowest BCUT2D eigenvalue weighted by atomic mass is 10.3. The van der Waals surface area contributed by atoms with Crippen LogP contribution in [0.1, 0.15) is 12.6 Å². The molecule has 0 saturated carbocycles. The first-order valence-corrected chi connectivity index (χ1v) is 4.98. The minimum absolute atomic E-state index is 0.240. The SMILES string of the molecule is CCc1cnc2c(n1)c(=O)n(C)c(=O)n2C. The Kier molecular flexibility index (Phi) is 2.34. The third kappa shape index (κ3) is 1.34. The van der Waals surface area contributed by atoms with Gasteiger partial charge in [0.15, 0.2) is 11.2 Å². The van der Waals surface area contributed by atoms with Gasteiger partial charge in [0.2, 0.25) is 0 Å². The second-order valence-electron chi connectivity index (χ2n) is 3.59. The van der Waals surface area contributed by atoms with E-state index in [-0.39, 0.29) is 5.52 Å². The Balaban J connectivity index is 3.03. The fourth-order valence-corrected chi connectivity index (χ4v) is 1.54. The molecule has 2 aromatic heterocycles. The van der Waals surface area contributed by atoms with E-state index >= 15 is 0 Å². The van der Waals surface area contributed by atoms with Crippen LogP contribution in [0.4, 0.5) is 0 Å². The van der Waals surface area contributed by atoms with Crippen molar-refractivity contribution in [2.24, 2.45) is 14.1 Å². The maximum atomic E-state index is 11.8. The number of hydrogen-bond acceptors (Lipinski definition) is 4. The van der Waals surface area contributed by atoms with Crippen molar-refractivity contribution in [2.75, 3.05) is 0 Å². The summed E-state index contributed by atoms with van der Waals surface area (Å²) in [5.41, 5.74) is 0.509. The normalized spacial score (nSPS) is 10.9. The van der Waals surface area contributed by atoms with Crippen LogP contribution < -0.4 is 11.2 Å². The van der Waals surface area contributed by atoms with Gasteiger partial charge in [-0.1, -0.05) is 6.92 Å². The Morgan fingerprint density at radius 3 is 2.56 bits per heavy atom. The average molecular weight is 220 g/mol. The van der Waals surface area contributed by atoms with Gasteiger partial charge in [-0.25, -0.2) is 14.8 Å². The zero-order valence-corrected chi connectivity index (χ0v) is 9.39. The van der Waals surface area contributed by atoms with Gasteiger partial charge in [0.05, 0.1) is 11.9 Å². The van der Waals surface area contributed by atoms with E-state index < -0.39 is 11.2 Å². The molecule has 0 amide bonds. The molecule has 0 radical (unpaired) electrons. The highest BCUT2D eigenvalue weighted by molar-refractivity contribution is 5.68. The summed E-state index contributed by atoms with van der Waals surface area (Å²) in [6, 6.07) is 0. The van der Waals surface area contributed by atoms with Gasteiger partial charge in [0, 0.05) is 14.1 Å². The van der Waals surface area contributed by atoms with Crippen molar-refractivity contribution in [2.45, 2.75) is 13.3 Å². The summed E-state index contributed by atoms with van der Waals surface area (Å²) >= 11 is 0. The van der Waals surface area contributed by atoms with Gasteiger partial charge in [-0.05, 0) is 6.42 Å². The topological polar surface area (TPSA) is 69.8 Å². The van der Waals surface area contributed by atoms with Crippen LogP contribution in [0.15, 0.2) is 15.8 Å². The molecular formula is C10H12N4O2. The zero-order valence-electron chi connectivity index (χ0n) is 9.39. The summed E-state index contributed by atoms with van der Waals surface area (Å²) in [5, 5.41) is 0. The molecule has 84 valence electrons. The van der Waals surface area contributed by atoms with Gasteiger partial charge in [0.1, 0.15) is 0 Å². The molecule has 6 heteroatoms. The molecule has 2 rings (SSSR count). The molecule has 0 spiro atoms. The van der Waals surface area contributed by atoms with Crippen LogP contribution in [0.5, 0.6) is 0 Å². The largest absolute Gasteiger partial charge is 0.332 e. The first-order valence-electron chi connectivity index (χ1n) is 4.98. The monoisotopic (exact) mass is 220 g/mol. The van der Waals surface area contributed by atoms with Crippen LogP contribution in [0.2, 0.25) is 0 Å². The molecule has 0 saturated heterocycles. The van der Waals surface area contributed by atoms with Crippen molar-refractivity contribution in [3.05, 3.63) is 32.7 Å². The molecule has 16 heavy (non-hydrogen) atoms. The molecular weight excluding hydrogens is 208 g/mol. The Hall–Kier alpha value is -1.98. The fraction of sp³-hybridized carbons (Fsp3) is 0.400. The lowest BCUT2D eigenvalue weighted by molar-refractivity contribution is 0.703. The van der Waals surface area contributed by atoms with Crippen LogP contribution in [-0.2, 0) is 20.5 Å². The van der Waals surface area contributed by atoms with E-state index in [1.165, 1.54) is 11.6 Å². The lowest BCUT2D eigenvalue weighted by Crippen LogP contribution is -2.37. The Morgan fingerprint density at radius 1 is 1.25 bits per heavy atom. The second kappa shape index (κ2) is 3.55. The van der Waals surface area contributed by atoms with Gasteiger partial charge in [-0.2, -0.15) is 0 Å². The molecule has 2 aromatic rings. The lowest BCUT2D eigenvalue weighted by Gasteiger charge is -2.06. The van der Waals surface area contributed by atoms with E-state index in [2.05, 4.69) is 9.97 Å². The summed E-state index contributed by atoms with van der Waals surface area (Å²) in [4.78, 5) is 31.7. The van der Waals surface area contributed by atoms with E-state index in [0.29, 0.717) is 12.1 Å². The van der Waals surface area contributed by atoms with E-state index in [1.807, 2.05) is 6.92 Å². The highest BCUT2D eigenvalue weighted by atomic mass is 16.2. The van der Waals surface area contributed by atoms with Gasteiger partial charge in [-0.15, -0.1) is 0 Å². The van der Waals surface area contributed by atoms with Crippen LogP contribution in [0, 0.1) is 0 Å². The molecule has 6 nitrogen and oxygen atoms in total. The highest BCUT2D eigenvalue weighted by Gasteiger charge is 2.10. The number of aryl methyl sites for hydroxylation is 2. The Labute approximate surface area is 91.2 Å². The standard InChI is InChI=1S/C10H12N4O2/c1-4-6-5-11-8-7(12-6)9(15)14(3)10(16)13(8)2/h5H,4H2,1-3H3. The van der Waals surface area contributed by atoms with Crippen molar-refractivity contribution in [1.29, 1.82) is 0 Å². The zero-order chi connectivity index (χ0) is 11.9. The Bertz CT molecular complexity index is 669. The number of rotatable bonds is 1. The average Bonchev–Trinajstić information content (AvgIpc) is 2.33. The van der Waals surface area contributed by atoms with Gasteiger partial charge < -0.3 is 0 Å². The molecule has 0 aromatic carbocycles. The minimum atomic E-state index is -0.402. The third-order valence-corrected chi connectivity index (χ3v) is 2.56. The van der Waals surface area contributed by atoms with E-state index in [0.717, 1.165) is 10.3 Å². The number of hydrogen-bond donors (Lipinski definition) is 0. The predicted octanol–water partition coefficient (Wildman–Crippen LogP) is -0.410. The van der Waals surface area contributed by atoms with E-state index in [1.54, 1.807) is 13.2 Å². The smallest absolute Gasteiger partial charge is 0.279 e. The van der Waals surface area contributed by atoms with Crippen molar-refractivity contribution in [3.63, 3.8) is 0 Å². The summed E-state index contributed by atoms with van der Waals surface area (Å²) in [5.74, 6) is 0. The van der Waals surface area contributed by atoms with Crippen molar-refractivity contribution in [1.82, 2.24) is 19.1 Å². The molecule has 0 bridgehead atoms.